The number of hydrogen-bond acceptors (Lipinski definition) is 4. The summed E-state index contributed by atoms with van der Waals surface area (Å²) in [5.41, 5.74) is 3.40. The molecule has 31 heavy (non-hydrogen) atoms. The maximum atomic E-state index is 5.52. The maximum absolute atomic E-state index is 5.52. The lowest BCUT2D eigenvalue weighted by Crippen LogP contribution is -2.52. The van der Waals surface area contributed by atoms with Gasteiger partial charge in [0.25, 0.3) is 0 Å². The molecule has 4 rings (SSSR count). The molecule has 0 spiro atoms. The molecule has 8 heteroatoms. The van der Waals surface area contributed by atoms with E-state index in [0.29, 0.717) is 6.54 Å². The SMILES string of the molecule is CN=C(NCc1cccc(-n2cccn2)c1)N1CCN(c2ccccc2OC)CC1.I. The molecule has 0 radical (unpaired) electrons. The molecule has 3 aromatic rings. The molecule has 1 saturated heterocycles. The van der Waals surface area contributed by atoms with Crippen molar-refractivity contribution in [3.63, 3.8) is 0 Å². The van der Waals surface area contributed by atoms with Crippen LogP contribution >= 0.6 is 24.0 Å². The lowest BCUT2D eigenvalue weighted by atomic mass is 10.2. The van der Waals surface area contributed by atoms with Gasteiger partial charge in [0.1, 0.15) is 5.75 Å². The predicted molar refractivity (Wildman–Crippen MR) is 136 cm³/mol. The molecule has 0 atom stereocenters. The topological polar surface area (TPSA) is 57.9 Å². The first-order chi connectivity index (χ1) is 14.8. The minimum absolute atomic E-state index is 0. The van der Waals surface area contributed by atoms with Crippen LogP contribution in [-0.2, 0) is 6.54 Å². The van der Waals surface area contributed by atoms with Crippen molar-refractivity contribution in [1.82, 2.24) is 20.0 Å². The number of para-hydroxylation sites is 2. The van der Waals surface area contributed by atoms with Crippen molar-refractivity contribution >= 4 is 35.6 Å². The van der Waals surface area contributed by atoms with Crippen molar-refractivity contribution in [2.45, 2.75) is 6.54 Å². The van der Waals surface area contributed by atoms with E-state index in [1.54, 1.807) is 13.3 Å². The molecule has 164 valence electrons. The Kier molecular flexibility index (Phi) is 8.16. The van der Waals surface area contributed by atoms with Crippen molar-refractivity contribution in [3.8, 4) is 11.4 Å². The molecule has 0 unspecified atom stereocenters. The molecule has 1 fully saturated rings. The second-order valence-corrected chi connectivity index (χ2v) is 7.17. The van der Waals surface area contributed by atoms with Crippen LogP contribution in [0.5, 0.6) is 5.75 Å². The second-order valence-electron chi connectivity index (χ2n) is 7.17. The van der Waals surface area contributed by atoms with Crippen molar-refractivity contribution in [1.29, 1.82) is 0 Å². The largest absolute Gasteiger partial charge is 0.495 e. The van der Waals surface area contributed by atoms with Gasteiger partial charge in [0, 0.05) is 52.2 Å². The van der Waals surface area contributed by atoms with Crippen LogP contribution in [0.2, 0.25) is 0 Å². The van der Waals surface area contributed by atoms with Gasteiger partial charge < -0.3 is 19.9 Å². The highest BCUT2D eigenvalue weighted by Gasteiger charge is 2.21. The van der Waals surface area contributed by atoms with Crippen LogP contribution in [0.4, 0.5) is 5.69 Å². The van der Waals surface area contributed by atoms with E-state index in [1.807, 2.05) is 36.1 Å². The molecule has 1 aromatic heterocycles. The fourth-order valence-electron chi connectivity index (χ4n) is 3.79. The highest BCUT2D eigenvalue weighted by Crippen LogP contribution is 2.28. The number of aliphatic imine (C=N–C) groups is 1. The third-order valence-electron chi connectivity index (χ3n) is 5.35. The van der Waals surface area contributed by atoms with E-state index in [-0.39, 0.29) is 24.0 Å². The summed E-state index contributed by atoms with van der Waals surface area (Å²) in [6.45, 7) is 4.39. The first-order valence-corrected chi connectivity index (χ1v) is 10.2. The molecule has 1 aliphatic heterocycles. The molecule has 0 saturated carbocycles. The fraction of sp³-hybridized carbons (Fsp3) is 0.304. The number of rotatable bonds is 5. The molecule has 2 aromatic carbocycles. The van der Waals surface area contributed by atoms with Crippen molar-refractivity contribution in [2.75, 3.05) is 45.2 Å². The molecular weight excluding hydrogens is 503 g/mol. The number of halogens is 1. The third-order valence-corrected chi connectivity index (χ3v) is 5.35. The summed E-state index contributed by atoms with van der Waals surface area (Å²) >= 11 is 0. The Morgan fingerprint density at radius 3 is 2.58 bits per heavy atom. The summed E-state index contributed by atoms with van der Waals surface area (Å²) < 4.78 is 7.39. The number of anilines is 1. The van der Waals surface area contributed by atoms with Gasteiger partial charge >= 0.3 is 0 Å². The number of benzene rings is 2. The summed E-state index contributed by atoms with van der Waals surface area (Å²) in [5.74, 6) is 1.85. The molecular formula is C23H29IN6O. The summed E-state index contributed by atoms with van der Waals surface area (Å²) in [5, 5.41) is 7.82. The Balaban J connectivity index is 0.00000272. The van der Waals surface area contributed by atoms with Crippen LogP contribution in [0, 0.1) is 0 Å². The van der Waals surface area contributed by atoms with E-state index in [4.69, 9.17) is 4.74 Å². The number of hydrogen-bond donors (Lipinski definition) is 1. The zero-order valence-corrected chi connectivity index (χ0v) is 20.3. The maximum Gasteiger partial charge on any atom is 0.194 e. The number of nitrogens with zero attached hydrogens (tertiary/aromatic N) is 5. The molecule has 1 aliphatic rings. The minimum atomic E-state index is 0. The Bertz CT molecular complexity index is 983. The predicted octanol–water partition coefficient (Wildman–Crippen LogP) is 3.40. The number of nitrogens with one attached hydrogen (secondary N) is 1. The standard InChI is InChI=1S/C23H28N6O.HI/c1-24-23(25-18-19-7-5-8-20(17-19)29-12-6-11-26-29)28-15-13-27(14-16-28)21-9-3-4-10-22(21)30-2;/h3-12,17H,13-16,18H2,1-2H3,(H,24,25);1H. The van der Waals surface area contributed by atoms with Crippen LogP contribution < -0.4 is 15.0 Å². The number of methoxy groups -OCH3 is 1. The molecule has 2 heterocycles. The van der Waals surface area contributed by atoms with E-state index in [2.05, 4.69) is 61.6 Å². The number of ether oxygens (including phenoxy) is 1. The van der Waals surface area contributed by atoms with E-state index < -0.39 is 0 Å². The smallest absolute Gasteiger partial charge is 0.194 e. The lowest BCUT2D eigenvalue weighted by molar-refractivity contribution is 0.367. The number of aromatic nitrogens is 2. The van der Waals surface area contributed by atoms with Crippen LogP contribution in [0.25, 0.3) is 5.69 Å². The Morgan fingerprint density at radius 2 is 1.87 bits per heavy atom. The average molecular weight is 532 g/mol. The summed E-state index contributed by atoms with van der Waals surface area (Å²) in [6, 6.07) is 18.5. The number of guanidine groups is 1. The first kappa shape index (κ1) is 22.9. The van der Waals surface area contributed by atoms with Crippen molar-refractivity contribution in [3.05, 3.63) is 72.6 Å². The third kappa shape index (κ3) is 5.49. The summed E-state index contributed by atoms with van der Waals surface area (Å²) in [4.78, 5) is 9.18. The van der Waals surface area contributed by atoms with Gasteiger partial charge in [-0.15, -0.1) is 24.0 Å². The molecule has 7 nitrogen and oxygen atoms in total. The zero-order valence-electron chi connectivity index (χ0n) is 17.9. The van der Waals surface area contributed by atoms with Crippen molar-refractivity contribution < 1.29 is 4.74 Å². The van der Waals surface area contributed by atoms with Gasteiger partial charge in [-0.05, 0) is 35.9 Å². The Labute approximate surface area is 200 Å². The van der Waals surface area contributed by atoms with Gasteiger partial charge in [-0.3, -0.25) is 4.99 Å². The first-order valence-electron chi connectivity index (χ1n) is 10.2. The Morgan fingerprint density at radius 1 is 1.06 bits per heavy atom. The Hall–Kier alpha value is -2.75. The fourth-order valence-corrected chi connectivity index (χ4v) is 3.79. The molecule has 0 bridgehead atoms. The highest BCUT2D eigenvalue weighted by molar-refractivity contribution is 14.0. The van der Waals surface area contributed by atoms with Crippen molar-refractivity contribution in [2.24, 2.45) is 4.99 Å². The quantitative estimate of drug-likeness (QED) is 0.310. The van der Waals surface area contributed by atoms with E-state index in [0.717, 1.165) is 49.3 Å². The molecule has 0 amide bonds. The van der Waals surface area contributed by atoms with E-state index in [9.17, 15) is 0 Å². The monoisotopic (exact) mass is 532 g/mol. The highest BCUT2D eigenvalue weighted by atomic mass is 127. The number of piperazine rings is 1. The van der Waals surface area contributed by atoms with Crippen LogP contribution in [-0.4, -0.2) is 61.0 Å². The minimum Gasteiger partial charge on any atom is -0.495 e. The normalized spacial score (nSPS) is 14.2. The van der Waals surface area contributed by atoms with Gasteiger partial charge in [0.2, 0.25) is 0 Å². The van der Waals surface area contributed by atoms with Crippen LogP contribution in [0.1, 0.15) is 5.56 Å². The zero-order chi connectivity index (χ0) is 20.8. The van der Waals surface area contributed by atoms with Gasteiger partial charge in [0.15, 0.2) is 5.96 Å². The van der Waals surface area contributed by atoms with E-state index in [1.165, 1.54) is 5.56 Å². The summed E-state index contributed by atoms with van der Waals surface area (Å²) in [7, 11) is 3.57. The lowest BCUT2D eigenvalue weighted by Gasteiger charge is -2.38. The molecule has 0 aliphatic carbocycles. The van der Waals surface area contributed by atoms with Gasteiger partial charge in [-0.2, -0.15) is 5.10 Å². The second kappa shape index (κ2) is 11.0. The van der Waals surface area contributed by atoms with Gasteiger partial charge in [0.05, 0.1) is 18.5 Å². The summed E-state index contributed by atoms with van der Waals surface area (Å²) in [6.07, 6.45) is 3.74. The van der Waals surface area contributed by atoms with Gasteiger partial charge in [-0.1, -0.05) is 24.3 Å². The average Bonchev–Trinajstić information content (AvgIpc) is 3.35. The molecule has 1 N–H and O–H groups in total. The van der Waals surface area contributed by atoms with Gasteiger partial charge in [-0.25, -0.2) is 4.68 Å². The van der Waals surface area contributed by atoms with Crippen LogP contribution in [0.3, 0.4) is 0 Å². The van der Waals surface area contributed by atoms with Crippen LogP contribution in [0.15, 0.2) is 72.0 Å². The van der Waals surface area contributed by atoms with E-state index >= 15 is 0 Å².